The number of tetrazole rings is 1. The zero-order chi connectivity index (χ0) is 20.3. The Morgan fingerprint density at radius 1 is 1.03 bits per heavy atom. The van der Waals surface area contributed by atoms with E-state index in [9.17, 15) is 0 Å². The molecule has 1 saturated heterocycles. The van der Waals surface area contributed by atoms with Gasteiger partial charge in [-0.3, -0.25) is 4.90 Å². The quantitative estimate of drug-likeness (QED) is 0.705. The van der Waals surface area contributed by atoms with E-state index in [4.69, 9.17) is 9.47 Å². The van der Waals surface area contributed by atoms with Crippen molar-refractivity contribution in [2.24, 2.45) is 0 Å². The zero-order valence-electron chi connectivity index (χ0n) is 18.3. The molecule has 9 heteroatoms. The number of rotatable bonds is 6. The standard InChI is InChI=1S/C20H32N6O2.ClH/c1-7-24-10-12-25(13-11-24)18(19-21-22-23-26(19)20(2,3)4)15-8-9-16(27-5)17(14-15)28-6;/h8-9,14,18H,7,10-13H2,1-6H3;1H. The fraction of sp³-hybridized carbons (Fsp3) is 0.650. The molecular formula is C20H33ClN6O2. The van der Waals surface area contributed by atoms with Crippen LogP contribution in [0.25, 0.3) is 0 Å². The molecule has 162 valence electrons. The van der Waals surface area contributed by atoms with Crippen LogP contribution in [0.3, 0.4) is 0 Å². The van der Waals surface area contributed by atoms with E-state index in [-0.39, 0.29) is 24.0 Å². The second-order valence-corrected chi connectivity index (χ2v) is 8.11. The Balaban J connectivity index is 0.00000300. The first kappa shape index (κ1) is 23.4. The van der Waals surface area contributed by atoms with Crippen molar-refractivity contribution in [3.63, 3.8) is 0 Å². The van der Waals surface area contributed by atoms with E-state index < -0.39 is 0 Å². The fourth-order valence-electron chi connectivity index (χ4n) is 3.73. The number of likely N-dealkylation sites (N-methyl/N-ethyl adjacent to an activating group) is 1. The van der Waals surface area contributed by atoms with E-state index in [1.54, 1.807) is 14.2 Å². The molecular weight excluding hydrogens is 392 g/mol. The lowest BCUT2D eigenvalue weighted by Crippen LogP contribution is -2.48. The molecule has 1 fully saturated rings. The van der Waals surface area contributed by atoms with E-state index >= 15 is 0 Å². The molecule has 2 aromatic rings. The Labute approximate surface area is 179 Å². The van der Waals surface area contributed by atoms with E-state index in [1.807, 2.05) is 16.8 Å². The van der Waals surface area contributed by atoms with Gasteiger partial charge in [0.05, 0.1) is 25.8 Å². The number of ether oxygens (including phenoxy) is 2. The fourth-order valence-corrected chi connectivity index (χ4v) is 3.73. The van der Waals surface area contributed by atoms with Crippen LogP contribution in [0.5, 0.6) is 11.5 Å². The highest BCUT2D eigenvalue weighted by Gasteiger charge is 2.33. The molecule has 1 unspecified atom stereocenters. The van der Waals surface area contributed by atoms with Gasteiger partial charge in [0.25, 0.3) is 0 Å². The molecule has 0 spiro atoms. The minimum atomic E-state index is -0.209. The monoisotopic (exact) mass is 424 g/mol. The number of hydrogen-bond donors (Lipinski definition) is 0. The molecule has 0 amide bonds. The summed E-state index contributed by atoms with van der Waals surface area (Å²) in [7, 11) is 3.31. The Morgan fingerprint density at radius 2 is 1.69 bits per heavy atom. The molecule has 0 saturated carbocycles. The van der Waals surface area contributed by atoms with Gasteiger partial charge in [-0.25, -0.2) is 4.68 Å². The summed E-state index contributed by atoms with van der Waals surface area (Å²) < 4.78 is 12.9. The number of hydrogen-bond acceptors (Lipinski definition) is 7. The molecule has 29 heavy (non-hydrogen) atoms. The van der Waals surface area contributed by atoms with Gasteiger partial charge in [0, 0.05) is 26.2 Å². The van der Waals surface area contributed by atoms with Crippen LogP contribution >= 0.6 is 12.4 Å². The predicted octanol–water partition coefficient (Wildman–Crippen LogP) is 2.59. The second kappa shape index (κ2) is 9.73. The van der Waals surface area contributed by atoms with Crippen LogP contribution < -0.4 is 9.47 Å². The second-order valence-electron chi connectivity index (χ2n) is 8.11. The molecule has 1 atom stereocenters. The first-order chi connectivity index (χ1) is 13.4. The first-order valence-electron chi connectivity index (χ1n) is 9.86. The Bertz CT molecular complexity index is 784. The molecule has 0 N–H and O–H groups in total. The number of aromatic nitrogens is 4. The van der Waals surface area contributed by atoms with Gasteiger partial charge >= 0.3 is 0 Å². The average Bonchev–Trinajstić information content (AvgIpc) is 3.18. The van der Waals surface area contributed by atoms with Gasteiger partial charge in [-0.15, -0.1) is 17.5 Å². The van der Waals surface area contributed by atoms with Gasteiger partial charge in [-0.2, -0.15) is 0 Å². The SMILES string of the molecule is CCN1CCN(C(c2ccc(OC)c(OC)c2)c2nnnn2C(C)(C)C)CC1.Cl. The molecule has 1 aliphatic heterocycles. The summed E-state index contributed by atoms with van der Waals surface area (Å²) in [6.07, 6.45) is 0. The van der Waals surface area contributed by atoms with Crippen LogP contribution in [0, 0.1) is 0 Å². The molecule has 0 aliphatic carbocycles. The summed E-state index contributed by atoms with van der Waals surface area (Å²) in [6.45, 7) is 13.6. The van der Waals surface area contributed by atoms with Gasteiger partial charge in [0.2, 0.25) is 0 Å². The Kier molecular flexibility index (Phi) is 7.85. The largest absolute Gasteiger partial charge is 0.493 e. The normalized spacial score (nSPS) is 16.9. The average molecular weight is 425 g/mol. The smallest absolute Gasteiger partial charge is 0.173 e. The molecule has 0 radical (unpaired) electrons. The number of piperazine rings is 1. The molecule has 0 bridgehead atoms. The lowest BCUT2D eigenvalue weighted by atomic mass is 10.0. The van der Waals surface area contributed by atoms with Crippen molar-refractivity contribution in [2.75, 3.05) is 46.9 Å². The van der Waals surface area contributed by atoms with Crippen molar-refractivity contribution < 1.29 is 9.47 Å². The van der Waals surface area contributed by atoms with Crippen molar-refractivity contribution in [2.45, 2.75) is 39.3 Å². The predicted molar refractivity (Wildman–Crippen MR) is 115 cm³/mol. The highest BCUT2D eigenvalue weighted by molar-refractivity contribution is 5.85. The van der Waals surface area contributed by atoms with Crippen molar-refractivity contribution >= 4 is 12.4 Å². The van der Waals surface area contributed by atoms with Crippen LogP contribution in [-0.2, 0) is 5.54 Å². The minimum absolute atomic E-state index is 0. The number of nitrogens with zero attached hydrogens (tertiary/aromatic N) is 6. The van der Waals surface area contributed by atoms with Crippen LogP contribution in [0.4, 0.5) is 0 Å². The van der Waals surface area contributed by atoms with Crippen LogP contribution in [0.1, 0.15) is 45.1 Å². The van der Waals surface area contributed by atoms with E-state index in [0.717, 1.165) is 49.9 Å². The van der Waals surface area contributed by atoms with Crippen LogP contribution in [0.2, 0.25) is 0 Å². The summed E-state index contributed by atoms with van der Waals surface area (Å²) in [5.74, 6) is 2.29. The molecule has 2 heterocycles. The maximum atomic E-state index is 5.55. The van der Waals surface area contributed by atoms with Gasteiger partial charge in [0.1, 0.15) is 0 Å². The third-order valence-electron chi connectivity index (χ3n) is 5.32. The lowest BCUT2D eigenvalue weighted by molar-refractivity contribution is 0.106. The third-order valence-corrected chi connectivity index (χ3v) is 5.32. The summed E-state index contributed by atoms with van der Waals surface area (Å²) in [5, 5.41) is 12.8. The highest BCUT2D eigenvalue weighted by atomic mass is 35.5. The van der Waals surface area contributed by atoms with Gasteiger partial charge in [0.15, 0.2) is 17.3 Å². The summed E-state index contributed by atoms with van der Waals surface area (Å²) in [4.78, 5) is 4.93. The van der Waals surface area contributed by atoms with Crippen molar-refractivity contribution in [3.05, 3.63) is 29.6 Å². The first-order valence-corrected chi connectivity index (χ1v) is 9.86. The molecule has 1 aromatic heterocycles. The molecule has 1 aromatic carbocycles. The minimum Gasteiger partial charge on any atom is -0.493 e. The van der Waals surface area contributed by atoms with E-state index in [2.05, 4.69) is 59.1 Å². The van der Waals surface area contributed by atoms with Crippen LogP contribution in [0.15, 0.2) is 18.2 Å². The summed E-state index contributed by atoms with van der Waals surface area (Å²) >= 11 is 0. The van der Waals surface area contributed by atoms with E-state index in [1.165, 1.54) is 0 Å². The van der Waals surface area contributed by atoms with Gasteiger partial charge in [-0.05, 0) is 55.4 Å². The molecule has 8 nitrogen and oxygen atoms in total. The van der Waals surface area contributed by atoms with Crippen LogP contribution in [-0.4, -0.2) is 77.0 Å². The maximum absolute atomic E-state index is 5.55. The summed E-state index contributed by atoms with van der Waals surface area (Å²) in [5.41, 5.74) is 0.890. The van der Waals surface area contributed by atoms with Crippen molar-refractivity contribution in [1.82, 2.24) is 30.0 Å². The molecule has 3 rings (SSSR count). The maximum Gasteiger partial charge on any atom is 0.173 e. The number of methoxy groups -OCH3 is 2. The number of halogens is 1. The van der Waals surface area contributed by atoms with Gasteiger partial charge < -0.3 is 14.4 Å². The van der Waals surface area contributed by atoms with Gasteiger partial charge in [-0.1, -0.05) is 13.0 Å². The number of benzene rings is 1. The Hall–Kier alpha value is -1.90. The molecule has 1 aliphatic rings. The summed E-state index contributed by atoms with van der Waals surface area (Å²) in [6, 6.07) is 6.03. The van der Waals surface area contributed by atoms with Crippen molar-refractivity contribution in [1.29, 1.82) is 0 Å². The third kappa shape index (κ3) is 4.99. The highest BCUT2D eigenvalue weighted by Crippen LogP contribution is 2.35. The zero-order valence-corrected chi connectivity index (χ0v) is 19.1. The van der Waals surface area contributed by atoms with E-state index in [0.29, 0.717) is 5.75 Å². The topological polar surface area (TPSA) is 68.5 Å². The lowest BCUT2D eigenvalue weighted by Gasteiger charge is -2.39. The van der Waals surface area contributed by atoms with Crippen molar-refractivity contribution in [3.8, 4) is 11.5 Å². The Morgan fingerprint density at radius 3 is 2.24 bits per heavy atom.